The molecule has 2 rings (SSSR count). The highest BCUT2D eigenvalue weighted by molar-refractivity contribution is 7.90. The van der Waals surface area contributed by atoms with E-state index in [0.717, 1.165) is 12.8 Å². The average molecular weight is 235 g/mol. The van der Waals surface area contributed by atoms with E-state index in [2.05, 4.69) is 4.72 Å². The van der Waals surface area contributed by atoms with Crippen molar-refractivity contribution in [3.8, 4) is 0 Å². The molecule has 6 heteroatoms. The molecule has 0 aromatic rings. The van der Waals surface area contributed by atoms with E-state index in [-0.39, 0.29) is 11.3 Å². The number of ether oxygens (including phenoxy) is 2. The van der Waals surface area contributed by atoms with Crippen LogP contribution in [-0.2, 0) is 19.5 Å². The van der Waals surface area contributed by atoms with Gasteiger partial charge < -0.3 is 9.47 Å². The Balaban J connectivity index is 1.90. The molecule has 1 unspecified atom stereocenters. The summed E-state index contributed by atoms with van der Waals surface area (Å²) in [5.41, 5.74) is 0. The summed E-state index contributed by atoms with van der Waals surface area (Å²) in [7, 11) is -3.19. The van der Waals surface area contributed by atoms with Crippen LogP contribution in [0, 0.1) is 0 Å². The molecule has 0 saturated carbocycles. The van der Waals surface area contributed by atoms with Crippen molar-refractivity contribution in [3.63, 3.8) is 0 Å². The fourth-order valence-corrected chi connectivity index (χ4v) is 3.48. The van der Waals surface area contributed by atoms with Crippen LogP contribution in [-0.4, -0.2) is 46.1 Å². The lowest BCUT2D eigenvalue weighted by Gasteiger charge is -2.24. The monoisotopic (exact) mass is 235 g/mol. The zero-order chi connectivity index (χ0) is 10.7. The molecule has 0 spiro atoms. The Morgan fingerprint density at radius 3 is 2.27 bits per heavy atom. The second kappa shape index (κ2) is 4.78. The summed E-state index contributed by atoms with van der Waals surface area (Å²) in [6.07, 6.45) is 2.15. The van der Waals surface area contributed by atoms with Crippen LogP contribution in [0.1, 0.15) is 19.3 Å². The molecule has 1 atom stereocenters. The van der Waals surface area contributed by atoms with E-state index in [1.165, 1.54) is 0 Å². The van der Waals surface area contributed by atoms with Gasteiger partial charge in [-0.3, -0.25) is 0 Å². The first kappa shape index (κ1) is 11.3. The van der Waals surface area contributed by atoms with Gasteiger partial charge in [-0.2, -0.15) is 0 Å². The van der Waals surface area contributed by atoms with E-state index >= 15 is 0 Å². The molecular formula is C9H17NO4S. The van der Waals surface area contributed by atoms with Crippen LogP contribution >= 0.6 is 0 Å². The lowest BCUT2D eigenvalue weighted by Crippen LogP contribution is -2.43. The van der Waals surface area contributed by atoms with Crippen LogP contribution in [0.3, 0.4) is 0 Å². The van der Waals surface area contributed by atoms with Gasteiger partial charge in [-0.05, 0) is 19.3 Å². The molecule has 1 N–H and O–H groups in total. The highest BCUT2D eigenvalue weighted by Crippen LogP contribution is 2.15. The van der Waals surface area contributed by atoms with Gasteiger partial charge in [0.1, 0.15) is 5.25 Å². The maximum Gasteiger partial charge on any atom is 0.217 e. The quantitative estimate of drug-likeness (QED) is 0.740. The van der Waals surface area contributed by atoms with E-state index in [4.69, 9.17) is 9.47 Å². The minimum Gasteiger partial charge on any atom is -0.381 e. The largest absolute Gasteiger partial charge is 0.381 e. The molecule has 0 bridgehead atoms. The third-order valence-corrected chi connectivity index (χ3v) is 4.79. The van der Waals surface area contributed by atoms with Gasteiger partial charge in [0, 0.05) is 25.9 Å². The number of rotatable bonds is 3. The zero-order valence-corrected chi connectivity index (χ0v) is 9.46. The molecular weight excluding hydrogens is 218 g/mol. The average Bonchev–Trinajstić information content (AvgIpc) is 2.71. The second-order valence-corrected chi connectivity index (χ2v) is 6.03. The van der Waals surface area contributed by atoms with Gasteiger partial charge in [-0.25, -0.2) is 13.1 Å². The highest BCUT2D eigenvalue weighted by Gasteiger charge is 2.31. The fraction of sp³-hybridized carbons (Fsp3) is 1.00. The Morgan fingerprint density at radius 2 is 1.67 bits per heavy atom. The SMILES string of the molecule is O=S(=O)(NC1CCOCC1)C1CCOC1. The minimum atomic E-state index is -3.19. The summed E-state index contributed by atoms with van der Waals surface area (Å²) in [5.74, 6) is 0. The molecule has 15 heavy (non-hydrogen) atoms. The lowest BCUT2D eigenvalue weighted by molar-refractivity contribution is 0.0831. The minimum absolute atomic E-state index is 0.0457. The van der Waals surface area contributed by atoms with E-state index in [1.54, 1.807) is 0 Å². The summed E-state index contributed by atoms with van der Waals surface area (Å²) in [4.78, 5) is 0. The third kappa shape index (κ3) is 2.90. The van der Waals surface area contributed by atoms with E-state index < -0.39 is 10.0 Å². The van der Waals surface area contributed by atoms with Gasteiger partial charge in [0.05, 0.1) is 6.61 Å². The van der Waals surface area contributed by atoms with Crippen molar-refractivity contribution >= 4 is 10.0 Å². The van der Waals surface area contributed by atoms with Gasteiger partial charge in [0.2, 0.25) is 10.0 Å². The molecule has 0 amide bonds. The van der Waals surface area contributed by atoms with Gasteiger partial charge in [-0.1, -0.05) is 0 Å². The van der Waals surface area contributed by atoms with Crippen molar-refractivity contribution in [2.75, 3.05) is 26.4 Å². The van der Waals surface area contributed by atoms with Crippen molar-refractivity contribution < 1.29 is 17.9 Å². The Bertz CT molecular complexity index is 291. The molecule has 2 heterocycles. The van der Waals surface area contributed by atoms with Crippen LogP contribution in [0.4, 0.5) is 0 Å². The Hall–Kier alpha value is -0.170. The maximum atomic E-state index is 11.9. The van der Waals surface area contributed by atoms with Crippen molar-refractivity contribution in [2.24, 2.45) is 0 Å². The molecule has 2 aliphatic rings. The Labute approximate surface area is 90.2 Å². The molecule has 0 aromatic carbocycles. The number of nitrogens with one attached hydrogen (secondary N) is 1. The Morgan fingerprint density at radius 1 is 1.00 bits per heavy atom. The summed E-state index contributed by atoms with van der Waals surface area (Å²) in [6, 6.07) is 0.0457. The molecule has 88 valence electrons. The van der Waals surface area contributed by atoms with Crippen LogP contribution < -0.4 is 4.72 Å². The third-order valence-electron chi connectivity index (χ3n) is 2.88. The molecule has 5 nitrogen and oxygen atoms in total. The molecule has 0 aromatic heterocycles. The molecule has 0 radical (unpaired) electrons. The summed E-state index contributed by atoms with van der Waals surface area (Å²) < 4.78 is 36.8. The maximum absolute atomic E-state index is 11.9. The smallest absolute Gasteiger partial charge is 0.217 e. The van der Waals surface area contributed by atoms with Gasteiger partial charge in [-0.15, -0.1) is 0 Å². The molecule has 0 aliphatic carbocycles. The summed E-state index contributed by atoms with van der Waals surface area (Å²) in [5, 5.41) is -0.361. The fourth-order valence-electron chi connectivity index (χ4n) is 1.90. The molecule has 2 aliphatic heterocycles. The van der Waals surface area contributed by atoms with Crippen molar-refractivity contribution in [1.29, 1.82) is 0 Å². The predicted molar refractivity (Wildman–Crippen MR) is 55.1 cm³/mol. The first-order valence-corrected chi connectivity index (χ1v) is 6.90. The number of hydrogen-bond acceptors (Lipinski definition) is 4. The van der Waals surface area contributed by atoms with Crippen LogP contribution in [0.15, 0.2) is 0 Å². The number of sulfonamides is 1. The van der Waals surface area contributed by atoms with E-state index in [9.17, 15) is 8.42 Å². The van der Waals surface area contributed by atoms with Crippen molar-refractivity contribution in [2.45, 2.75) is 30.6 Å². The van der Waals surface area contributed by atoms with Crippen LogP contribution in [0.25, 0.3) is 0 Å². The lowest BCUT2D eigenvalue weighted by atomic mass is 10.1. The molecule has 2 fully saturated rings. The van der Waals surface area contributed by atoms with E-state index in [1.807, 2.05) is 0 Å². The Kier molecular flexibility index (Phi) is 3.60. The van der Waals surface area contributed by atoms with Gasteiger partial charge in [0.25, 0.3) is 0 Å². The second-order valence-electron chi connectivity index (χ2n) is 4.04. The van der Waals surface area contributed by atoms with E-state index in [0.29, 0.717) is 32.8 Å². The van der Waals surface area contributed by atoms with Gasteiger partial charge in [0.15, 0.2) is 0 Å². The normalized spacial score (nSPS) is 29.5. The standard InChI is InChI=1S/C9H17NO4S/c11-15(12,9-3-6-14-7-9)10-8-1-4-13-5-2-8/h8-10H,1-7H2. The summed E-state index contributed by atoms with van der Waals surface area (Å²) >= 11 is 0. The first-order valence-electron chi connectivity index (χ1n) is 5.35. The first-order chi connectivity index (χ1) is 7.18. The predicted octanol–water partition coefficient (Wildman–Crippen LogP) is -0.126. The zero-order valence-electron chi connectivity index (χ0n) is 8.65. The number of hydrogen-bond donors (Lipinski definition) is 1. The summed E-state index contributed by atoms with van der Waals surface area (Å²) in [6.45, 7) is 2.18. The highest BCUT2D eigenvalue weighted by atomic mass is 32.2. The van der Waals surface area contributed by atoms with Crippen LogP contribution in [0.2, 0.25) is 0 Å². The van der Waals surface area contributed by atoms with Crippen molar-refractivity contribution in [3.05, 3.63) is 0 Å². The topological polar surface area (TPSA) is 64.6 Å². The van der Waals surface area contributed by atoms with Crippen LogP contribution in [0.5, 0.6) is 0 Å². The van der Waals surface area contributed by atoms with Crippen molar-refractivity contribution in [1.82, 2.24) is 4.72 Å². The molecule has 2 saturated heterocycles. The van der Waals surface area contributed by atoms with Gasteiger partial charge >= 0.3 is 0 Å².